The number of nitrogen functional groups attached to an aromatic ring is 1. The SMILES string of the molecule is CC(C1CCCCC1)n1nnnc1-c1cccc(N)c1. The lowest BCUT2D eigenvalue weighted by atomic mass is 9.84. The fourth-order valence-corrected chi connectivity index (χ4v) is 3.15. The predicted octanol–water partition coefficient (Wildman–Crippen LogP) is 3.06. The van der Waals surface area contributed by atoms with Gasteiger partial charge in [-0.25, -0.2) is 4.68 Å². The molecule has 0 aliphatic heterocycles. The van der Waals surface area contributed by atoms with Gasteiger partial charge in [-0.1, -0.05) is 31.4 Å². The van der Waals surface area contributed by atoms with Gasteiger partial charge in [0.05, 0.1) is 6.04 Å². The zero-order valence-corrected chi connectivity index (χ0v) is 11.9. The van der Waals surface area contributed by atoms with Crippen LogP contribution in [0.5, 0.6) is 0 Å². The maximum atomic E-state index is 5.86. The summed E-state index contributed by atoms with van der Waals surface area (Å²) in [5.41, 5.74) is 7.58. The average Bonchev–Trinajstić information content (AvgIpc) is 2.97. The molecule has 106 valence electrons. The number of nitrogens with two attached hydrogens (primary N) is 1. The van der Waals surface area contributed by atoms with Gasteiger partial charge in [0.15, 0.2) is 5.82 Å². The van der Waals surface area contributed by atoms with Crippen molar-refractivity contribution >= 4 is 5.69 Å². The van der Waals surface area contributed by atoms with Gasteiger partial charge >= 0.3 is 0 Å². The van der Waals surface area contributed by atoms with E-state index >= 15 is 0 Å². The Morgan fingerprint density at radius 2 is 2.05 bits per heavy atom. The number of tetrazole rings is 1. The van der Waals surface area contributed by atoms with E-state index in [9.17, 15) is 0 Å². The van der Waals surface area contributed by atoms with Gasteiger partial charge in [0.1, 0.15) is 0 Å². The summed E-state index contributed by atoms with van der Waals surface area (Å²) < 4.78 is 1.96. The van der Waals surface area contributed by atoms with E-state index in [1.807, 2.05) is 28.9 Å². The number of benzene rings is 1. The fourth-order valence-electron chi connectivity index (χ4n) is 3.15. The second-order valence-electron chi connectivity index (χ2n) is 5.71. The molecule has 1 aromatic heterocycles. The molecule has 2 N–H and O–H groups in total. The van der Waals surface area contributed by atoms with Crippen molar-refractivity contribution in [1.29, 1.82) is 0 Å². The zero-order chi connectivity index (χ0) is 13.9. The molecule has 0 amide bonds. The molecule has 1 aliphatic rings. The number of aromatic nitrogens is 4. The van der Waals surface area contributed by atoms with Crippen molar-refractivity contribution < 1.29 is 0 Å². The highest BCUT2D eigenvalue weighted by molar-refractivity contribution is 5.60. The molecule has 1 aliphatic carbocycles. The van der Waals surface area contributed by atoms with Crippen LogP contribution in [0.3, 0.4) is 0 Å². The highest BCUT2D eigenvalue weighted by Crippen LogP contribution is 2.34. The van der Waals surface area contributed by atoms with E-state index in [1.54, 1.807) is 0 Å². The molecule has 1 saturated carbocycles. The van der Waals surface area contributed by atoms with Gasteiger partial charge in [-0.05, 0) is 48.2 Å². The minimum atomic E-state index is 0.335. The van der Waals surface area contributed by atoms with Crippen LogP contribution in [0.4, 0.5) is 5.69 Å². The van der Waals surface area contributed by atoms with Crippen LogP contribution >= 0.6 is 0 Å². The molecule has 2 aromatic rings. The van der Waals surface area contributed by atoms with Crippen molar-refractivity contribution in [2.45, 2.75) is 45.1 Å². The molecule has 0 spiro atoms. The van der Waals surface area contributed by atoms with Gasteiger partial charge in [0.2, 0.25) is 0 Å². The minimum Gasteiger partial charge on any atom is -0.399 e. The van der Waals surface area contributed by atoms with Crippen LogP contribution in [-0.4, -0.2) is 20.2 Å². The third-order valence-electron chi connectivity index (χ3n) is 4.36. The molecule has 0 bridgehead atoms. The van der Waals surface area contributed by atoms with Crippen LogP contribution in [-0.2, 0) is 0 Å². The molecule has 0 saturated heterocycles. The molecule has 5 heteroatoms. The van der Waals surface area contributed by atoms with Crippen LogP contribution in [0.25, 0.3) is 11.4 Å². The van der Waals surface area contributed by atoms with Gasteiger partial charge in [-0.15, -0.1) is 5.10 Å². The largest absolute Gasteiger partial charge is 0.399 e. The number of nitrogens with zero attached hydrogens (tertiary/aromatic N) is 4. The molecule has 1 aromatic carbocycles. The molecular formula is C15H21N5. The summed E-state index contributed by atoms with van der Waals surface area (Å²) in [5.74, 6) is 1.49. The predicted molar refractivity (Wildman–Crippen MR) is 79.0 cm³/mol. The standard InChI is InChI=1S/C15H21N5/c1-11(12-6-3-2-4-7-12)20-15(17-18-19-20)13-8-5-9-14(16)10-13/h5,8-12H,2-4,6-7,16H2,1H3. The summed E-state index contributed by atoms with van der Waals surface area (Å²) in [5, 5.41) is 12.3. The molecule has 5 nitrogen and oxygen atoms in total. The molecule has 1 atom stereocenters. The lowest BCUT2D eigenvalue weighted by Gasteiger charge is -2.27. The Morgan fingerprint density at radius 1 is 1.25 bits per heavy atom. The van der Waals surface area contributed by atoms with E-state index in [-0.39, 0.29) is 0 Å². The van der Waals surface area contributed by atoms with Crippen LogP contribution in [0.15, 0.2) is 24.3 Å². The van der Waals surface area contributed by atoms with Crippen LogP contribution in [0.2, 0.25) is 0 Å². The highest BCUT2D eigenvalue weighted by Gasteiger charge is 2.24. The van der Waals surface area contributed by atoms with Crippen LogP contribution in [0, 0.1) is 5.92 Å². The lowest BCUT2D eigenvalue weighted by molar-refractivity contribution is 0.249. The number of hydrogen-bond acceptors (Lipinski definition) is 4. The topological polar surface area (TPSA) is 69.6 Å². The molecule has 0 radical (unpaired) electrons. The van der Waals surface area contributed by atoms with Crippen molar-refractivity contribution in [3.63, 3.8) is 0 Å². The van der Waals surface area contributed by atoms with E-state index in [1.165, 1.54) is 32.1 Å². The van der Waals surface area contributed by atoms with Crippen LogP contribution < -0.4 is 5.73 Å². The first-order chi connectivity index (χ1) is 9.75. The third-order valence-corrected chi connectivity index (χ3v) is 4.36. The Kier molecular flexibility index (Phi) is 3.67. The zero-order valence-electron chi connectivity index (χ0n) is 11.9. The molecule has 1 heterocycles. The Labute approximate surface area is 119 Å². The lowest BCUT2D eigenvalue weighted by Crippen LogP contribution is -2.21. The summed E-state index contributed by atoms with van der Waals surface area (Å²) >= 11 is 0. The first kappa shape index (κ1) is 13.1. The first-order valence-corrected chi connectivity index (χ1v) is 7.39. The monoisotopic (exact) mass is 271 g/mol. The van der Waals surface area contributed by atoms with Crippen molar-refractivity contribution in [3.8, 4) is 11.4 Å². The smallest absolute Gasteiger partial charge is 0.182 e. The van der Waals surface area contributed by atoms with Gasteiger partial charge < -0.3 is 5.73 Å². The van der Waals surface area contributed by atoms with Crippen molar-refractivity contribution in [3.05, 3.63) is 24.3 Å². The Morgan fingerprint density at radius 3 is 2.80 bits per heavy atom. The normalized spacial score (nSPS) is 18.1. The van der Waals surface area contributed by atoms with E-state index in [2.05, 4.69) is 22.4 Å². The number of anilines is 1. The highest BCUT2D eigenvalue weighted by atomic mass is 15.5. The molecular weight excluding hydrogens is 250 g/mol. The van der Waals surface area contributed by atoms with Crippen molar-refractivity contribution in [2.24, 2.45) is 5.92 Å². The summed E-state index contributed by atoms with van der Waals surface area (Å²) in [6.45, 7) is 2.22. The minimum absolute atomic E-state index is 0.335. The molecule has 1 unspecified atom stereocenters. The van der Waals surface area contributed by atoms with E-state index in [0.29, 0.717) is 12.0 Å². The van der Waals surface area contributed by atoms with Gasteiger partial charge in [-0.3, -0.25) is 0 Å². The summed E-state index contributed by atoms with van der Waals surface area (Å²) in [6.07, 6.45) is 6.56. The number of hydrogen-bond donors (Lipinski definition) is 1. The maximum absolute atomic E-state index is 5.86. The van der Waals surface area contributed by atoms with E-state index < -0.39 is 0 Å². The molecule has 3 rings (SSSR count). The van der Waals surface area contributed by atoms with Gasteiger partial charge in [0, 0.05) is 11.3 Å². The molecule has 20 heavy (non-hydrogen) atoms. The maximum Gasteiger partial charge on any atom is 0.182 e. The quantitative estimate of drug-likeness (QED) is 0.871. The fraction of sp³-hybridized carbons (Fsp3) is 0.533. The van der Waals surface area contributed by atoms with Crippen LogP contribution in [0.1, 0.15) is 45.1 Å². The second kappa shape index (κ2) is 5.61. The van der Waals surface area contributed by atoms with E-state index in [4.69, 9.17) is 5.73 Å². The third kappa shape index (κ3) is 2.53. The summed E-state index contributed by atoms with van der Waals surface area (Å²) in [6, 6.07) is 8.08. The van der Waals surface area contributed by atoms with Gasteiger partial charge in [0.25, 0.3) is 0 Å². The summed E-state index contributed by atoms with van der Waals surface area (Å²) in [7, 11) is 0. The van der Waals surface area contributed by atoms with E-state index in [0.717, 1.165) is 17.1 Å². The second-order valence-corrected chi connectivity index (χ2v) is 5.71. The first-order valence-electron chi connectivity index (χ1n) is 7.39. The molecule has 1 fully saturated rings. The van der Waals surface area contributed by atoms with Crippen molar-refractivity contribution in [1.82, 2.24) is 20.2 Å². The Balaban J connectivity index is 1.89. The average molecular weight is 271 g/mol. The summed E-state index contributed by atoms with van der Waals surface area (Å²) in [4.78, 5) is 0. The Bertz CT molecular complexity index is 571. The number of rotatable bonds is 3. The van der Waals surface area contributed by atoms with Crippen molar-refractivity contribution in [2.75, 3.05) is 5.73 Å². The van der Waals surface area contributed by atoms with Gasteiger partial charge in [-0.2, -0.15) is 0 Å². The Hall–Kier alpha value is -1.91.